The van der Waals surface area contributed by atoms with Crippen LogP contribution in [0.1, 0.15) is 17.3 Å². The number of hydrogen-bond donors (Lipinski definition) is 1. The molecule has 0 saturated carbocycles. The van der Waals surface area contributed by atoms with Gasteiger partial charge in [-0.1, -0.05) is 23.7 Å². The van der Waals surface area contributed by atoms with Gasteiger partial charge >= 0.3 is 5.97 Å². The average Bonchev–Trinajstić information content (AvgIpc) is 2.29. The number of benzene rings is 1. The molecule has 0 atom stereocenters. The van der Waals surface area contributed by atoms with E-state index in [9.17, 15) is 14.7 Å². The number of ether oxygens (including phenoxy) is 1. The number of carbonyl (C=O) groups is 2. The first kappa shape index (κ1) is 13.3. The summed E-state index contributed by atoms with van der Waals surface area (Å²) in [5.74, 6) is -2.17. The Bertz CT molecular complexity index is 465. The molecule has 0 amide bonds. The third kappa shape index (κ3) is 3.92. The lowest BCUT2D eigenvalue weighted by Gasteiger charge is -2.00. The van der Waals surface area contributed by atoms with E-state index in [2.05, 4.69) is 4.74 Å². The molecule has 1 aromatic rings. The number of carbonyl (C=O) groups excluding carboxylic acids is 2. The molecular formula is C12H11ClO4. The summed E-state index contributed by atoms with van der Waals surface area (Å²) in [7, 11) is 0. The lowest BCUT2D eigenvalue weighted by Crippen LogP contribution is -2.09. The topological polar surface area (TPSA) is 63.6 Å². The van der Waals surface area contributed by atoms with Crippen LogP contribution in [0.15, 0.2) is 36.1 Å². The van der Waals surface area contributed by atoms with Gasteiger partial charge in [-0.15, -0.1) is 0 Å². The maximum atomic E-state index is 11.6. The van der Waals surface area contributed by atoms with Crippen LogP contribution in [0.5, 0.6) is 0 Å². The molecule has 1 rings (SSSR count). The molecule has 0 fully saturated rings. The van der Waals surface area contributed by atoms with Crippen LogP contribution < -0.4 is 0 Å². The largest absolute Gasteiger partial charge is 0.502 e. The SMILES string of the molecule is CCOC(=O)C(O)=CC(=O)c1cccc(Cl)c1. The third-order valence-corrected chi connectivity index (χ3v) is 2.10. The van der Waals surface area contributed by atoms with Crippen molar-refractivity contribution < 1.29 is 19.4 Å². The van der Waals surface area contributed by atoms with Crippen molar-refractivity contribution in [2.45, 2.75) is 6.92 Å². The fraction of sp³-hybridized carbons (Fsp3) is 0.167. The Labute approximate surface area is 103 Å². The summed E-state index contributed by atoms with van der Waals surface area (Å²) in [4.78, 5) is 22.7. The van der Waals surface area contributed by atoms with E-state index in [-0.39, 0.29) is 12.2 Å². The zero-order valence-corrected chi connectivity index (χ0v) is 9.90. The molecule has 0 spiro atoms. The van der Waals surface area contributed by atoms with Crippen molar-refractivity contribution in [1.29, 1.82) is 0 Å². The number of allylic oxidation sites excluding steroid dienone is 1. The molecule has 4 nitrogen and oxygen atoms in total. The first-order chi connectivity index (χ1) is 8.04. The predicted octanol–water partition coefficient (Wildman–Crippen LogP) is 2.53. The lowest BCUT2D eigenvalue weighted by molar-refractivity contribution is -0.141. The van der Waals surface area contributed by atoms with Gasteiger partial charge in [-0.05, 0) is 19.1 Å². The second-order valence-electron chi connectivity index (χ2n) is 3.12. The number of halogens is 1. The second-order valence-corrected chi connectivity index (χ2v) is 3.56. The van der Waals surface area contributed by atoms with E-state index in [0.717, 1.165) is 6.08 Å². The van der Waals surface area contributed by atoms with Gasteiger partial charge in [0.2, 0.25) is 5.76 Å². The van der Waals surface area contributed by atoms with Gasteiger partial charge in [-0.2, -0.15) is 0 Å². The van der Waals surface area contributed by atoms with E-state index >= 15 is 0 Å². The minimum absolute atomic E-state index is 0.127. The molecule has 0 heterocycles. The van der Waals surface area contributed by atoms with Gasteiger partial charge in [0.15, 0.2) is 5.78 Å². The van der Waals surface area contributed by atoms with Crippen molar-refractivity contribution in [1.82, 2.24) is 0 Å². The number of esters is 1. The summed E-state index contributed by atoms with van der Waals surface area (Å²) in [5.41, 5.74) is 0.286. The van der Waals surface area contributed by atoms with Gasteiger partial charge in [0.1, 0.15) is 0 Å². The molecular weight excluding hydrogens is 244 g/mol. The van der Waals surface area contributed by atoms with E-state index < -0.39 is 17.5 Å². The fourth-order valence-corrected chi connectivity index (χ4v) is 1.30. The summed E-state index contributed by atoms with van der Waals surface area (Å²) in [5, 5.41) is 9.69. The summed E-state index contributed by atoms with van der Waals surface area (Å²) >= 11 is 5.71. The molecule has 0 unspecified atom stereocenters. The second kappa shape index (κ2) is 6.06. The Balaban J connectivity index is 2.85. The van der Waals surface area contributed by atoms with Crippen LogP contribution in [0.4, 0.5) is 0 Å². The number of hydrogen-bond acceptors (Lipinski definition) is 4. The zero-order chi connectivity index (χ0) is 12.8. The molecule has 0 aliphatic heterocycles. The minimum Gasteiger partial charge on any atom is -0.502 e. The smallest absolute Gasteiger partial charge is 0.373 e. The fourth-order valence-electron chi connectivity index (χ4n) is 1.11. The average molecular weight is 255 g/mol. The molecule has 0 saturated heterocycles. The van der Waals surface area contributed by atoms with E-state index in [1.165, 1.54) is 12.1 Å². The molecule has 1 aromatic carbocycles. The highest BCUT2D eigenvalue weighted by atomic mass is 35.5. The van der Waals surface area contributed by atoms with Crippen LogP contribution >= 0.6 is 11.6 Å². The van der Waals surface area contributed by atoms with Crippen molar-refractivity contribution in [2.24, 2.45) is 0 Å². The van der Waals surface area contributed by atoms with Crippen LogP contribution in [0, 0.1) is 0 Å². The predicted molar refractivity (Wildman–Crippen MR) is 63.1 cm³/mol. The highest BCUT2D eigenvalue weighted by Crippen LogP contribution is 2.12. The van der Waals surface area contributed by atoms with Gasteiger partial charge in [0.25, 0.3) is 0 Å². The van der Waals surface area contributed by atoms with Crippen molar-refractivity contribution in [3.05, 3.63) is 46.7 Å². The summed E-state index contributed by atoms with van der Waals surface area (Å²) in [6.45, 7) is 1.73. The summed E-state index contributed by atoms with van der Waals surface area (Å²) in [6.07, 6.45) is 0.809. The van der Waals surface area contributed by atoms with Crippen molar-refractivity contribution in [2.75, 3.05) is 6.61 Å². The number of rotatable bonds is 4. The first-order valence-electron chi connectivity index (χ1n) is 4.92. The quantitative estimate of drug-likeness (QED) is 0.388. The standard InChI is InChI=1S/C12H11ClO4/c1-2-17-12(16)11(15)7-10(14)8-4-3-5-9(13)6-8/h3-7,15H,2H2,1H3. The van der Waals surface area contributed by atoms with E-state index in [4.69, 9.17) is 11.6 Å². The minimum atomic E-state index is -0.928. The molecule has 1 N–H and O–H groups in total. The molecule has 90 valence electrons. The van der Waals surface area contributed by atoms with Gasteiger partial charge in [0.05, 0.1) is 6.61 Å². The maximum Gasteiger partial charge on any atom is 0.373 e. The third-order valence-electron chi connectivity index (χ3n) is 1.86. The Morgan fingerprint density at radius 2 is 2.18 bits per heavy atom. The van der Waals surface area contributed by atoms with Gasteiger partial charge < -0.3 is 9.84 Å². The van der Waals surface area contributed by atoms with Gasteiger partial charge in [-0.3, -0.25) is 4.79 Å². The van der Waals surface area contributed by atoms with E-state index in [0.29, 0.717) is 5.02 Å². The van der Waals surface area contributed by atoms with Crippen molar-refractivity contribution in [3.8, 4) is 0 Å². The first-order valence-corrected chi connectivity index (χ1v) is 5.30. The molecule has 0 bridgehead atoms. The van der Waals surface area contributed by atoms with Crippen molar-refractivity contribution >= 4 is 23.4 Å². The molecule has 17 heavy (non-hydrogen) atoms. The molecule has 5 heteroatoms. The Hall–Kier alpha value is -1.81. The number of aliphatic hydroxyl groups is 1. The molecule has 0 aromatic heterocycles. The summed E-state index contributed by atoms with van der Waals surface area (Å²) in [6, 6.07) is 6.19. The monoisotopic (exact) mass is 254 g/mol. The van der Waals surface area contributed by atoms with E-state index in [1.807, 2.05) is 0 Å². The zero-order valence-electron chi connectivity index (χ0n) is 9.14. The lowest BCUT2D eigenvalue weighted by atomic mass is 10.1. The van der Waals surface area contributed by atoms with Crippen LogP contribution in [0.3, 0.4) is 0 Å². The van der Waals surface area contributed by atoms with Gasteiger partial charge in [-0.25, -0.2) is 4.79 Å². The highest BCUT2D eigenvalue weighted by molar-refractivity contribution is 6.31. The van der Waals surface area contributed by atoms with Crippen LogP contribution in [-0.4, -0.2) is 23.5 Å². The Kier molecular flexibility index (Phi) is 4.72. The molecule has 0 radical (unpaired) electrons. The Morgan fingerprint density at radius 3 is 2.76 bits per heavy atom. The number of ketones is 1. The normalized spacial score (nSPS) is 11.1. The van der Waals surface area contributed by atoms with Crippen LogP contribution in [-0.2, 0) is 9.53 Å². The van der Waals surface area contributed by atoms with Gasteiger partial charge in [0, 0.05) is 16.7 Å². The van der Waals surface area contributed by atoms with Crippen LogP contribution in [0.25, 0.3) is 0 Å². The molecule has 0 aliphatic rings. The molecule has 0 aliphatic carbocycles. The highest BCUT2D eigenvalue weighted by Gasteiger charge is 2.11. The summed E-state index contributed by atoms with van der Waals surface area (Å²) < 4.78 is 4.53. The Morgan fingerprint density at radius 1 is 1.47 bits per heavy atom. The number of aliphatic hydroxyl groups excluding tert-OH is 1. The maximum absolute atomic E-state index is 11.6. The van der Waals surface area contributed by atoms with E-state index in [1.54, 1.807) is 19.1 Å². The van der Waals surface area contributed by atoms with Crippen molar-refractivity contribution in [3.63, 3.8) is 0 Å². The van der Waals surface area contributed by atoms with Crippen LogP contribution in [0.2, 0.25) is 5.02 Å².